The molecule has 1 N–H and O–H groups in total. The van der Waals surface area contributed by atoms with E-state index in [1.54, 1.807) is 4.90 Å². The van der Waals surface area contributed by atoms with Gasteiger partial charge in [-0.1, -0.05) is 0 Å². The van der Waals surface area contributed by atoms with Crippen molar-refractivity contribution >= 4 is 18.3 Å². The van der Waals surface area contributed by atoms with Crippen LogP contribution >= 0.6 is 12.2 Å². The van der Waals surface area contributed by atoms with E-state index in [4.69, 9.17) is 17.0 Å². The van der Waals surface area contributed by atoms with Gasteiger partial charge >= 0.3 is 6.09 Å². The van der Waals surface area contributed by atoms with Crippen molar-refractivity contribution in [2.75, 3.05) is 13.1 Å². The zero-order valence-electron chi connectivity index (χ0n) is 13.5. The van der Waals surface area contributed by atoms with E-state index in [1.165, 1.54) is 12.8 Å². The fourth-order valence-corrected chi connectivity index (χ4v) is 3.23. The maximum atomic E-state index is 12.1. The normalized spacial score (nSPS) is 20.2. The Bertz CT molecular complexity index is 604. The van der Waals surface area contributed by atoms with Gasteiger partial charge in [-0.05, 0) is 58.7 Å². The summed E-state index contributed by atoms with van der Waals surface area (Å²) in [5.41, 5.74) is -0.442. The van der Waals surface area contributed by atoms with Crippen LogP contribution in [0.25, 0.3) is 0 Å². The molecule has 1 aliphatic heterocycles. The number of piperidine rings is 1. The van der Waals surface area contributed by atoms with Crippen LogP contribution < -0.4 is 0 Å². The van der Waals surface area contributed by atoms with Gasteiger partial charge in [0.05, 0.1) is 0 Å². The molecule has 0 unspecified atom stereocenters. The second kappa shape index (κ2) is 5.68. The molecule has 1 aromatic rings. The molecule has 0 bridgehead atoms. The minimum Gasteiger partial charge on any atom is -0.444 e. The van der Waals surface area contributed by atoms with Crippen LogP contribution in [-0.2, 0) is 4.74 Å². The molecule has 0 aromatic carbocycles. The summed E-state index contributed by atoms with van der Waals surface area (Å²) in [6, 6.07) is 0.533. The van der Waals surface area contributed by atoms with E-state index in [2.05, 4.69) is 14.8 Å². The molecule has 2 heterocycles. The second-order valence-corrected chi connectivity index (χ2v) is 7.62. The quantitative estimate of drug-likeness (QED) is 0.847. The number of hydrogen-bond donors (Lipinski definition) is 1. The molecule has 6 nitrogen and oxygen atoms in total. The summed E-state index contributed by atoms with van der Waals surface area (Å²) in [6.45, 7) is 7.11. The van der Waals surface area contributed by atoms with E-state index >= 15 is 0 Å². The van der Waals surface area contributed by atoms with Crippen molar-refractivity contribution in [2.24, 2.45) is 0 Å². The number of H-pyrrole nitrogens is 1. The zero-order chi connectivity index (χ0) is 15.9. The molecule has 1 aromatic heterocycles. The minimum atomic E-state index is -0.442. The second-order valence-electron chi connectivity index (χ2n) is 7.23. The third-order valence-electron chi connectivity index (χ3n) is 4.16. The Morgan fingerprint density at radius 2 is 1.91 bits per heavy atom. The lowest BCUT2D eigenvalue weighted by Crippen LogP contribution is -2.41. The lowest BCUT2D eigenvalue weighted by molar-refractivity contribution is 0.0202. The smallest absolute Gasteiger partial charge is 0.410 e. The number of hydrogen-bond acceptors (Lipinski definition) is 4. The maximum Gasteiger partial charge on any atom is 0.410 e. The van der Waals surface area contributed by atoms with Crippen molar-refractivity contribution in [3.63, 3.8) is 0 Å². The summed E-state index contributed by atoms with van der Waals surface area (Å²) in [6.07, 6.45) is 3.99. The van der Waals surface area contributed by atoms with E-state index in [1.807, 2.05) is 20.8 Å². The third kappa shape index (κ3) is 3.34. The lowest BCUT2D eigenvalue weighted by atomic mass is 9.96. The molecule has 2 fully saturated rings. The SMILES string of the molecule is CC(C)(C)OC(=O)N1CCC(c2n[nH]c(=S)n2C2CC2)CC1. The van der Waals surface area contributed by atoms with E-state index in [0.717, 1.165) is 23.4 Å². The predicted molar refractivity (Wildman–Crippen MR) is 85.5 cm³/mol. The van der Waals surface area contributed by atoms with Crippen molar-refractivity contribution in [1.29, 1.82) is 0 Å². The zero-order valence-corrected chi connectivity index (χ0v) is 14.3. The summed E-state index contributed by atoms with van der Waals surface area (Å²) < 4.78 is 8.35. The minimum absolute atomic E-state index is 0.216. The highest BCUT2D eigenvalue weighted by Gasteiger charge is 2.33. The summed E-state index contributed by atoms with van der Waals surface area (Å²) >= 11 is 5.34. The number of ether oxygens (including phenoxy) is 1. The van der Waals surface area contributed by atoms with Crippen LogP contribution in [-0.4, -0.2) is 44.4 Å². The fraction of sp³-hybridized carbons (Fsp3) is 0.800. The molecular formula is C15H24N4O2S. The molecular weight excluding hydrogens is 300 g/mol. The number of amides is 1. The lowest BCUT2D eigenvalue weighted by Gasteiger charge is -2.33. The standard InChI is InChI=1S/C15H24N4O2S/c1-15(2,3)21-14(20)18-8-6-10(7-9-18)12-16-17-13(22)19(12)11-4-5-11/h10-11H,4-9H2,1-3H3,(H,17,22). The van der Waals surface area contributed by atoms with Crippen molar-refractivity contribution < 1.29 is 9.53 Å². The number of aromatic amines is 1. The molecule has 0 spiro atoms. The largest absolute Gasteiger partial charge is 0.444 e. The maximum absolute atomic E-state index is 12.1. The first-order valence-electron chi connectivity index (χ1n) is 8.00. The first kappa shape index (κ1) is 15.5. The Labute approximate surface area is 135 Å². The molecule has 1 saturated heterocycles. The summed E-state index contributed by atoms with van der Waals surface area (Å²) in [4.78, 5) is 13.9. The first-order valence-corrected chi connectivity index (χ1v) is 8.41. The molecule has 1 aliphatic carbocycles. The summed E-state index contributed by atoms with van der Waals surface area (Å²) in [5.74, 6) is 1.43. The van der Waals surface area contributed by atoms with Crippen molar-refractivity contribution in [2.45, 2.75) is 64.0 Å². The van der Waals surface area contributed by atoms with Gasteiger partial charge in [-0.3, -0.25) is 5.10 Å². The van der Waals surface area contributed by atoms with Crippen molar-refractivity contribution in [3.05, 3.63) is 10.6 Å². The molecule has 122 valence electrons. The highest BCUT2D eigenvalue weighted by Crippen LogP contribution is 2.39. The molecule has 22 heavy (non-hydrogen) atoms. The van der Waals surface area contributed by atoms with Crippen molar-refractivity contribution in [1.82, 2.24) is 19.7 Å². The molecule has 0 atom stereocenters. The number of carbonyl (C=O) groups excluding carboxylic acids is 1. The van der Waals surface area contributed by atoms with Gasteiger partial charge in [-0.2, -0.15) is 5.10 Å². The number of nitrogens with zero attached hydrogens (tertiary/aromatic N) is 3. The van der Waals surface area contributed by atoms with Gasteiger partial charge in [0.15, 0.2) is 4.77 Å². The molecule has 0 radical (unpaired) electrons. The van der Waals surface area contributed by atoms with Crippen LogP contribution in [0.15, 0.2) is 0 Å². The summed E-state index contributed by atoms with van der Waals surface area (Å²) in [7, 11) is 0. The Balaban J connectivity index is 1.63. The van der Waals surface area contributed by atoms with E-state index in [-0.39, 0.29) is 6.09 Å². The number of likely N-dealkylation sites (tertiary alicyclic amines) is 1. The van der Waals surface area contributed by atoms with Crippen LogP contribution in [0.4, 0.5) is 4.79 Å². The number of rotatable bonds is 2. The first-order chi connectivity index (χ1) is 10.3. The van der Waals surface area contributed by atoms with Gasteiger partial charge in [0.2, 0.25) is 0 Å². The van der Waals surface area contributed by atoms with Gasteiger partial charge in [0.1, 0.15) is 11.4 Å². The van der Waals surface area contributed by atoms with Crippen LogP contribution in [0.1, 0.15) is 64.2 Å². The Morgan fingerprint density at radius 1 is 1.27 bits per heavy atom. The van der Waals surface area contributed by atoms with E-state index < -0.39 is 5.60 Å². The molecule has 1 amide bonds. The number of nitrogens with one attached hydrogen (secondary N) is 1. The van der Waals surface area contributed by atoms with Gasteiger partial charge in [0, 0.05) is 25.0 Å². The fourth-order valence-electron chi connectivity index (χ4n) is 2.94. The van der Waals surface area contributed by atoms with Gasteiger partial charge in [-0.25, -0.2) is 4.79 Å². The number of carbonyl (C=O) groups is 1. The predicted octanol–water partition coefficient (Wildman–Crippen LogP) is 3.39. The topological polar surface area (TPSA) is 63.1 Å². The van der Waals surface area contributed by atoms with Crippen LogP contribution in [0.5, 0.6) is 0 Å². The van der Waals surface area contributed by atoms with E-state index in [9.17, 15) is 4.79 Å². The Kier molecular flexibility index (Phi) is 4.01. The Morgan fingerprint density at radius 3 is 2.45 bits per heavy atom. The van der Waals surface area contributed by atoms with Crippen LogP contribution in [0.3, 0.4) is 0 Å². The van der Waals surface area contributed by atoms with Crippen LogP contribution in [0, 0.1) is 4.77 Å². The highest BCUT2D eigenvalue weighted by atomic mass is 32.1. The Hall–Kier alpha value is -1.37. The van der Waals surface area contributed by atoms with E-state index in [0.29, 0.717) is 25.0 Å². The van der Waals surface area contributed by atoms with Gasteiger partial charge in [0.25, 0.3) is 0 Å². The molecule has 7 heteroatoms. The number of aromatic nitrogens is 3. The average Bonchev–Trinajstić information content (AvgIpc) is 3.20. The van der Waals surface area contributed by atoms with Crippen molar-refractivity contribution in [3.8, 4) is 0 Å². The van der Waals surface area contributed by atoms with Crippen LogP contribution in [0.2, 0.25) is 0 Å². The molecule has 1 saturated carbocycles. The molecule has 2 aliphatic rings. The summed E-state index contributed by atoms with van der Waals surface area (Å²) in [5, 5.41) is 7.37. The highest BCUT2D eigenvalue weighted by molar-refractivity contribution is 7.71. The third-order valence-corrected chi connectivity index (χ3v) is 4.44. The molecule has 3 rings (SSSR count). The average molecular weight is 324 g/mol. The monoisotopic (exact) mass is 324 g/mol. The van der Waals surface area contributed by atoms with Gasteiger partial charge < -0.3 is 14.2 Å². The van der Waals surface area contributed by atoms with Gasteiger partial charge in [-0.15, -0.1) is 0 Å².